The van der Waals surface area contributed by atoms with Crippen molar-refractivity contribution in [2.24, 2.45) is 0 Å². The Bertz CT molecular complexity index is 719. The van der Waals surface area contributed by atoms with Crippen LogP contribution in [0.2, 0.25) is 0 Å². The molecule has 0 saturated heterocycles. The van der Waals surface area contributed by atoms with Gasteiger partial charge < -0.3 is 25.0 Å². The van der Waals surface area contributed by atoms with Crippen molar-refractivity contribution in [2.75, 3.05) is 44.1 Å². The average Bonchev–Trinajstić information content (AvgIpc) is 2.66. The largest absolute Gasteiger partial charge is 0.497 e. The lowest BCUT2D eigenvalue weighted by atomic mass is 10.3. The first-order chi connectivity index (χ1) is 12.6. The third-order valence-corrected chi connectivity index (χ3v) is 3.95. The molecule has 0 spiro atoms. The minimum absolute atomic E-state index is 0.476. The minimum atomic E-state index is 0.476. The fourth-order valence-electron chi connectivity index (χ4n) is 2.30. The molecule has 0 fully saturated rings. The van der Waals surface area contributed by atoms with Crippen molar-refractivity contribution in [3.05, 3.63) is 61.2 Å². The van der Waals surface area contributed by atoms with Gasteiger partial charge in [-0.1, -0.05) is 18.7 Å². The summed E-state index contributed by atoms with van der Waals surface area (Å²) in [4.78, 5) is 2.15. The summed E-state index contributed by atoms with van der Waals surface area (Å²) in [5.74, 6) is 1.63. The van der Waals surface area contributed by atoms with Gasteiger partial charge in [-0.15, -0.1) is 0 Å². The van der Waals surface area contributed by atoms with E-state index in [1.54, 1.807) is 13.2 Å². The van der Waals surface area contributed by atoms with Crippen LogP contribution in [0.5, 0.6) is 11.5 Å². The van der Waals surface area contributed by atoms with Crippen molar-refractivity contribution in [2.45, 2.75) is 0 Å². The molecule has 0 radical (unpaired) electrons. The monoisotopic (exact) mass is 371 g/mol. The lowest BCUT2D eigenvalue weighted by Crippen LogP contribution is -2.35. The van der Waals surface area contributed by atoms with Crippen LogP contribution >= 0.6 is 12.2 Å². The number of likely N-dealkylation sites (N-methyl/N-ethyl adjacent to an activating group) is 1. The lowest BCUT2D eigenvalue weighted by Gasteiger charge is -2.20. The maximum atomic E-state index is 5.52. The highest BCUT2D eigenvalue weighted by atomic mass is 32.1. The summed E-state index contributed by atoms with van der Waals surface area (Å²) >= 11 is 5.35. The number of hydrogen-bond donors (Lipinski definition) is 2. The van der Waals surface area contributed by atoms with E-state index in [0.29, 0.717) is 11.7 Å². The van der Waals surface area contributed by atoms with Crippen LogP contribution in [0.1, 0.15) is 0 Å². The number of thiocarbonyl (C=S) groups is 1. The molecule has 0 saturated carbocycles. The zero-order valence-electron chi connectivity index (χ0n) is 15.2. The third kappa shape index (κ3) is 6.29. The summed E-state index contributed by atoms with van der Waals surface area (Å²) in [6.45, 7) is 5.66. The zero-order chi connectivity index (χ0) is 18.8. The van der Waals surface area contributed by atoms with Crippen LogP contribution < -0.4 is 25.0 Å². The summed E-state index contributed by atoms with van der Waals surface area (Å²) < 4.78 is 10.7. The molecule has 2 rings (SSSR count). The Morgan fingerprint density at radius 2 is 1.96 bits per heavy atom. The molecule has 0 atom stereocenters. The van der Waals surface area contributed by atoms with Gasteiger partial charge in [0.1, 0.15) is 18.1 Å². The fraction of sp³-hybridized carbons (Fsp3) is 0.250. The number of rotatable bonds is 9. The Balaban J connectivity index is 1.76. The molecule has 26 heavy (non-hydrogen) atoms. The summed E-state index contributed by atoms with van der Waals surface area (Å²) in [7, 11) is 3.71. The third-order valence-electron chi connectivity index (χ3n) is 3.71. The van der Waals surface area contributed by atoms with Crippen LogP contribution in [0.4, 0.5) is 11.4 Å². The number of ether oxygens (including phenoxy) is 2. The Morgan fingerprint density at radius 1 is 1.19 bits per heavy atom. The van der Waals surface area contributed by atoms with E-state index in [1.807, 2.05) is 55.6 Å². The van der Waals surface area contributed by atoms with Crippen LogP contribution in [-0.2, 0) is 0 Å². The molecule has 0 amide bonds. The van der Waals surface area contributed by atoms with Gasteiger partial charge in [-0.25, -0.2) is 0 Å². The number of nitrogens with one attached hydrogen (secondary N) is 2. The predicted octanol–water partition coefficient (Wildman–Crippen LogP) is 3.68. The first kappa shape index (κ1) is 19.6. The van der Waals surface area contributed by atoms with Gasteiger partial charge in [0.25, 0.3) is 0 Å². The highest BCUT2D eigenvalue weighted by Gasteiger charge is 2.03. The Kier molecular flexibility index (Phi) is 7.76. The van der Waals surface area contributed by atoms with E-state index in [-0.39, 0.29) is 0 Å². The fourth-order valence-corrected chi connectivity index (χ4v) is 2.52. The topological polar surface area (TPSA) is 45.8 Å². The Morgan fingerprint density at radius 3 is 2.65 bits per heavy atom. The normalized spacial score (nSPS) is 9.92. The summed E-state index contributed by atoms with van der Waals surface area (Å²) in [5, 5.41) is 6.96. The van der Waals surface area contributed by atoms with E-state index in [0.717, 1.165) is 36.0 Å². The molecule has 0 unspecified atom stereocenters. The molecule has 0 aliphatic heterocycles. The molecule has 0 aromatic heterocycles. The maximum Gasteiger partial charge on any atom is 0.170 e. The SMILES string of the molecule is C=CCOc1cccc(NC(=S)NCCN(C)c2ccc(OC)cc2)c1. The second-order valence-corrected chi connectivity index (χ2v) is 6.04. The van der Waals surface area contributed by atoms with Crippen molar-refractivity contribution in [1.82, 2.24) is 5.32 Å². The van der Waals surface area contributed by atoms with E-state index in [9.17, 15) is 0 Å². The molecule has 5 nitrogen and oxygen atoms in total. The molecule has 2 N–H and O–H groups in total. The van der Waals surface area contributed by atoms with Gasteiger partial charge in [0, 0.05) is 37.6 Å². The highest BCUT2D eigenvalue weighted by molar-refractivity contribution is 7.80. The van der Waals surface area contributed by atoms with E-state index in [1.165, 1.54) is 0 Å². The van der Waals surface area contributed by atoms with Crippen LogP contribution in [0, 0.1) is 0 Å². The molecule has 0 aliphatic rings. The Labute approximate surface area is 160 Å². The quantitative estimate of drug-likeness (QED) is 0.518. The summed E-state index contributed by atoms with van der Waals surface area (Å²) in [5.41, 5.74) is 2.01. The standard InChI is InChI=1S/C20H25N3O2S/c1-4-14-25-19-7-5-6-16(15-19)22-20(26)21-12-13-23(2)17-8-10-18(24-3)11-9-17/h4-11,15H,1,12-14H2,2-3H3,(H2,21,22,26). The molecule has 0 bridgehead atoms. The van der Waals surface area contributed by atoms with E-state index in [2.05, 4.69) is 22.1 Å². The highest BCUT2D eigenvalue weighted by Crippen LogP contribution is 2.18. The van der Waals surface area contributed by atoms with Gasteiger partial charge in [-0.05, 0) is 48.6 Å². The van der Waals surface area contributed by atoms with E-state index in [4.69, 9.17) is 21.7 Å². The first-order valence-corrected chi connectivity index (χ1v) is 8.77. The molecule has 2 aromatic rings. The zero-order valence-corrected chi connectivity index (χ0v) is 16.0. The number of methoxy groups -OCH3 is 1. The number of hydrogen-bond acceptors (Lipinski definition) is 4. The van der Waals surface area contributed by atoms with Crippen LogP contribution in [-0.4, -0.2) is 39.0 Å². The molecule has 6 heteroatoms. The summed E-state index contributed by atoms with van der Waals surface area (Å²) in [6, 6.07) is 15.6. The van der Waals surface area contributed by atoms with Crippen LogP contribution in [0.15, 0.2) is 61.2 Å². The number of nitrogens with zero attached hydrogens (tertiary/aromatic N) is 1. The number of benzene rings is 2. The summed E-state index contributed by atoms with van der Waals surface area (Å²) in [6.07, 6.45) is 1.71. The average molecular weight is 372 g/mol. The smallest absolute Gasteiger partial charge is 0.170 e. The molecular weight excluding hydrogens is 346 g/mol. The molecular formula is C20H25N3O2S. The second kappa shape index (κ2) is 10.3. The van der Waals surface area contributed by atoms with Crippen LogP contribution in [0.3, 0.4) is 0 Å². The van der Waals surface area contributed by atoms with Crippen molar-refractivity contribution >= 4 is 28.7 Å². The Hall–Kier alpha value is -2.73. The van der Waals surface area contributed by atoms with Crippen molar-refractivity contribution < 1.29 is 9.47 Å². The minimum Gasteiger partial charge on any atom is -0.497 e. The second-order valence-electron chi connectivity index (χ2n) is 5.63. The van der Waals surface area contributed by atoms with Crippen LogP contribution in [0.25, 0.3) is 0 Å². The van der Waals surface area contributed by atoms with E-state index >= 15 is 0 Å². The van der Waals surface area contributed by atoms with Gasteiger partial charge in [0.15, 0.2) is 5.11 Å². The van der Waals surface area contributed by atoms with Crippen molar-refractivity contribution in [1.29, 1.82) is 0 Å². The number of anilines is 2. The molecule has 138 valence electrons. The van der Waals surface area contributed by atoms with Crippen molar-refractivity contribution in [3.8, 4) is 11.5 Å². The molecule has 0 heterocycles. The maximum absolute atomic E-state index is 5.52. The van der Waals surface area contributed by atoms with Gasteiger partial charge in [0.05, 0.1) is 7.11 Å². The predicted molar refractivity (Wildman–Crippen MR) is 113 cm³/mol. The van der Waals surface area contributed by atoms with Gasteiger partial charge in [0.2, 0.25) is 0 Å². The van der Waals surface area contributed by atoms with Gasteiger partial charge in [-0.2, -0.15) is 0 Å². The van der Waals surface area contributed by atoms with Crippen molar-refractivity contribution in [3.63, 3.8) is 0 Å². The molecule has 0 aliphatic carbocycles. The first-order valence-electron chi connectivity index (χ1n) is 8.36. The van der Waals surface area contributed by atoms with Gasteiger partial charge >= 0.3 is 0 Å². The van der Waals surface area contributed by atoms with Gasteiger partial charge in [-0.3, -0.25) is 0 Å². The lowest BCUT2D eigenvalue weighted by molar-refractivity contribution is 0.363. The molecule has 2 aromatic carbocycles. The van der Waals surface area contributed by atoms with E-state index < -0.39 is 0 Å².